The Kier molecular flexibility index (Phi) is 5.39. The second-order valence-electron chi connectivity index (χ2n) is 6.48. The van der Waals surface area contributed by atoms with Crippen molar-refractivity contribution in [1.82, 2.24) is 0 Å². The van der Waals surface area contributed by atoms with Crippen molar-refractivity contribution in [3.05, 3.63) is 42.0 Å². The fraction of sp³-hybridized carbons (Fsp3) is 0.412. The Hall–Kier alpha value is -1.36. The molecule has 1 N–H and O–H groups in total. The molecule has 0 heterocycles. The molecule has 2 aromatic carbocycles. The van der Waals surface area contributed by atoms with Crippen molar-refractivity contribution in [2.24, 2.45) is 0 Å². The van der Waals surface area contributed by atoms with Crippen LogP contribution < -0.4 is 4.74 Å². The molecule has 4 heteroatoms. The van der Waals surface area contributed by atoms with Crippen molar-refractivity contribution in [3.8, 4) is 5.75 Å². The van der Waals surface area contributed by atoms with E-state index in [1.165, 1.54) is 0 Å². The van der Waals surface area contributed by atoms with E-state index in [1.54, 1.807) is 0 Å². The summed E-state index contributed by atoms with van der Waals surface area (Å²) in [6.45, 7) is 8.10. The van der Waals surface area contributed by atoms with Crippen LogP contribution in [0.1, 0.15) is 5.56 Å². The van der Waals surface area contributed by atoms with E-state index in [0.29, 0.717) is 0 Å². The maximum Gasteiger partial charge on any atom is 0.189 e. The van der Waals surface area contributed by atoms with Crippen molar-refractivity contribution in [2.45, 2.75) is 32.3 Å². The first-order chi connectivity index (χ1) is 9.98. The third kappa shape index (κ3) is 5.15. The van der Waals surface area contributed by atoms with E-state index in [2.05, 4.69) is 19.6 Å². The first-order valence-electron chi connectivity index (χ1n) is 7.32. The molecule has 0 unspecified atom stereocenters. The van der Waals surface area contributed by atoms with E-state index >= 15 is 0 Å². The van der Waals surface area contributed by atoms with Crippen molar-refractivity contribution in [3.63, 3.8) is 0 Å². The summed E-state index contributed by atoms with van der Waals surface area (Å²) in [5.41, 5.74) is 0.908. The number of fused-ring (bicyclic) bond motifs is 1. The number of aliphatic hydroxyl groups is 1. The van der Waals surface area contributed by atoms with Gasteiger partial charge in [0.15, 0.2) is 6.79 Å². The minimum absolute atomic E-state index is 0.0564. The Morgan fingerprint density at radius 3 is 2.48 bits per heavy atom. The molecule has 0 radical (unpaired) electrons. The monoisotopic (exact) mass is 304 g/mol. The van der Waals surface area contributed by atoms with Gasteiger partial charge in [0, 0.05) is 14.7 Å². The third-order valence-electron chi connectivity index (χ3n) is 3.36. The smallest absolute Gasteiger partial charge is 0.189 e. The van der Waals surface area contributed by atoms with Crippen molar-refractivity contribution >= 4 is 18.8 Å². The van der Waals surface area contributed by atoms with Crippen molar-refractivity contribution in [1.29, 1.82) is 0 Å². The standard InChI is InChI=1S/C17H24O3Si/c1-21(2,3)9-8-19-13-20-17-7-6-15-5-4-14(12-18)10-16(15)11-17/h4-7,10-11,18H,8-9,12-13H2,1-3H3. The maximum atomic E-state index is 9.18. The fourth-order valence-electron chi connectivity index (χ4n) is 2.01. The predicted molar refractivity (Wildman–Crippen MR) is 89.5 cm³/mol. The van der Waals surface area contributed by atoms with Gasteiger partial charge in [0.2, 0.25) is 0 Å². The van der Waals surface area contributed by atoms with Gasteiger partial charge in [-0.1, -0.05) is 37.8 Å². The second kappa shape index (κ2) is 7.07. The van der Waals surface area contributed by atoms with Crippen LogP contribution in [0.15, 0.2) is 36.4 Å². The van der Waals surface area contributed by atoms with Crippen LogP contribution in [-0.2, 0) is 11.3 Å². The molecule has 0 aromatic heterocycles. The number of rotatable bonds is 7. The Bertz CT molecular complexity index is 590. The van der Waals surface area contributed by atoms with Gasteiger partial charge in [-0.25, -0.2) is 0 Å². The Morgan fingerprint density at radius 2 is 1.76 bits per heavy atom. The predicted octanol–water partition coefficient (Wildman–Crippen LogP) is 4.02. The molecule has 0 fully saturated rings. The highest BCUT2D eigenvalue weighted by molar-refractivity contribution is 6.76. The molecular weight excluding hydrogens is 280 g/mol. The quantitative estimate of drug-likeness (QED) is 0.477. The summed E-state index contributed by atoms with van der Waals surface area (Å²) in [5, 5.41) is 11.4. The van der Waals surface area contributed by atoms with Gasteiger partial charge in [0.25, 0.3) is 0 Å². The van der Waals surface area contributed by atoms with Crippen LogP contribution >= 0.6 is 0 Å². The summed E-state index contributed by atoms with van der Waals surface area (Å²) < 4.78 is 11.2. The molecule has 0 spiro atoms. The second-order valence-corrected chi connectivity index (χ2v) is 12.1. The normalized spacial score (nSPS) is 11.8. The Balaban J connectivity index is 1.90. The number of hydrogen-bond donors (Lipinski definition) is 1. The highest BCUT2D eigenvalue weighted by atomic mass is 28.3. The zero-order valence-electron chi connectivity index (χ0n) is 13.1. The van der Waals surface area contributed by atoms with E-state index in [9.17, 15) is 5.11 Å². The molecule has 0 aliphatic rings. The van der Waals surface area contributed by atoms with E-state index in [4.69, 9.17) is 9.47 Å². The lowest BCUT2D eigenvalue weighted by Crippen LogP contribution is -2.22. The molecule has 0 amide bonds. The van der Waals surface area contributed by atoms with Gasteiger partial charge in [-0.05, 0) is 40.6 Å². The summed E-state index contributed by atoms with van der Waals surface area (Å²) in [6.07, 6.45) is 0. The first-order valence-corrected chi connectivity index (χ1v) is 11.0. The molecule has 0 aliphatic carbocycles. The van der Waals surface area contributed by atoms with Gasteiger partial charge < -0.3 is 14.6 Å². The van der Waals surface area contributed by atoms with Gasteiger partial charge in [0.05, 0.1) is 6.61 Å². The van der Waals surface area contributed by atoms with E-state index in [1.807, 2.05) is 36.4 Å². The Labute approximate surface area is 127 Å². The molecule has 114 valence electrons. The van der Waals surface area contributed by atoms with Crippen molar-refractivity contribution < 1.29 is 14.6 Å². The number of hydrogen-bond acceptors (Lipinski definition) is 3. The molecule has 2 aromatic rings. The molecule has 0 bridgehead atoms. The largest absolute Gasteiger partial charge is 0.468 e. The van der Waals surface area contributed by atoms with Crippen LogP contribution in [0.4, 0.5) is 0 Å². The van der Waals surface area contributed by atoms with Crippen LogP contribution in [0.3, 0.4) is 0 Å². The van der Waals surface area contributed by atoms with E-state index in [0.717, 1.165) is 34.7 Å². The topological polar surface area (TPSA) is 38.7 Å². The first kappa shape index (κ1) is 16.0. The van der Waals surface area contributed by atoms with Gasteiger partial charge in [-0.3, -0.25) is 0 Å². The zero-order chi connectivity index (χ0) is 15.3. The van der Waals surface area contributed by atoms with Crippen LogP contribution in [0.25, 0.3) is 10.8 Å². The third-order valence-corrected chi connectivity index (χ3v) is 5.07. The van der Waals surface area contributed by atoms with Crippen LogP contribution in [0, 0.1) is 0 Å². The molecule has 0 saturated heterocycles. The summed E-state index contributed by atoms with van der Waals surface area (Å²) in [6, 6.07) is 13.0. The summed E-state index contributed by atoms with van der Waals surface area (Å²) >= 11 is 0. The average Bonchev–Trinajstić information content (AvgIpc) is 2.45. The Morgan fingerprint density at radius 1 is 1.00 bits per heavy atom. The minimum atomic E-state index is -1.04. The number of ether oxygens (including phenoxy) is 2. The van der Waals surface area contributed by atoms with Crippen molar-refractivity contribution in [2.75, 3.05) is 13.4 Å². The molecule has 2 rings (SSSR count). The molecule has 0 aliphatic heterocycles. The average molecular weight is 304 g/mol. The lowest BCUT2D eigenvalue weighted by Gasteiger charge is -2.15. The molecular formula is C17H24O3Si. The summed E-state index contributed by atoms with van der Waals surface area (Å²) in [7, 11) is -1.04. The van der Waals surface area contributed by atoms with Crippen LogP contribution in [0.5, 0.6) is 5.75 Å². The SMILES string of the molecule is C[Si](C)(C)CCOCOc1ccc2ccc(CO)cc2c1. The number of benzene rings is 2. The fourth-order valence-corrected chi connectivity index (χ4v) is 2.77. The minimum Gasteiger partial charge on any atom is -0.468 e. The van der Waals surface area contributed by atoms with Gasteiger partial charge in [0.1, 0.15) is 5.75 Å². The highest BCUT2D eigenvalue weighted by Crippen LogP contribution is 2.22. The molecule has 0 atom stereocenters. The number of aliphatic hydroxyl groups excluding tert-OH is 1. The highest BCUT2D eigenvalue weighted by Gasteiger charge is 2.11. The van der Waals surface area contributed by atoms with Gasteiger partial charge in [-0.2, -0.15) is 0 Å². The molecule has 0 saturated carbocycles. The van der Waals surface area contributed by atoms with E-state index in [-0.39, 0.29) is 13.4 Å². The lowest BCUT2D eigenvalue weighted by molar-refractivity contribution is 0.0221. The maximum absolute atomic E-state index is 9.18. The summed E-state index contributed by atoms with van der Waals surface area (Å²) in [4.78, 5) is 0. The van der Waals surface area contributed by atoms with Gasteiger partial charge >= 0.3 is 0 Å². The van der Waals surface area contributed by atoms with E-state index < -0.39 is 8.07 Å². The van der Waals surface area contributed by atoms with Crippen LogP contribution in [0.2, 0.25) is 25.7 Å². The molecule has 21 heavy (non-hydrogen) atoms. The zero-order valence-corrected chi connectivity index (χ0v) is 14.1. The summed E-state index contributed by atoms with van der Waals surface area (Å²) in [5.74, 6) is 0.797. The molecule has 3 nitrogen and oxygen atoms in total. The lowest BCUT2D eigenvalue weighted by atomic mass is 10.1. The van der Waals surface area contributed by atoms with Crippen LogP contribution in [-0.4, -0.2) is 26.6 Å². The van der Waals surface area contributed by atoms with Gasteiger partial charge in [-0.15, -0.1) is 0 Å².